The lowest BCUT2D eigenvalue weighted by Gasteiger charge is -2.24. The van der Waals surface area contributed by atoms with Gasteiger partial charge in [0, 0.05) is 13.0 Å². The van der Waals surface area contributed by atoms with Crippen LogP contribution in [0.5, 0.6) is 0 Å². The Kier molecular flexibility index (Phi) is 12.4. The van der Waals surface area contributed by atoms with Crippen LogP contribution >= 0.6 is 0 Å². The van der Waals surface area contributed by atoms with Crippen LogP contribution in [0.4, 0.5) is 0 Å². The van der Waals surface area contributed by atoms with E-state index in [0.717, 1.165) is 0 Å². The van der Waals surface area contributed by atoms with Crippen LogP contribution in [0.25, 0.3) is 0 Å². The van der Waals surface area contributed by atoms with Crippen molar-refractivity contribution in [1.82, 2.24) is 16.0 Å². The van der Waals surface area contributed by atoms with Crippen molar-refractivity contribution in [1.29, 1.82) is 0 Å². The van der Waals surface area contributed by atoms with Gasteiger partial charge in [0.2, 0.25) is 23.6 Å². The molecule has 36 heavy (non-hydrogen) atoms. The smallest absolute Gasteiger partial charge is 0.325 e. The minimum Gasteiger partial charge on any atom is -0.480 e. The standard InChI is InChI=1S/C22H34N8O6/c1-12(21(35)36)28-20(34)16(10-13-6-3-2-4-7-13)30-19(33)15(8-5-9-27-22(25)26)29-18(32)14(23)11-17(24)31/h2-4,6-7,12,14-16H,5,8-11,23H2,1H3,(H2,24,31)(H,28,34)(H,29,32)(H,30,33)(H,35,36)(H4,25,26,27). The van der Waals surface area contributed by atoms with E-state index in [9.17, 15) is 24.0 Å². The Morgan fingerprint density at radius 1 is 0.917 bits per heavy atom. The molecule has 0 aliphatic carbocycles. The molecule has 0 radical (unpaired) electrons. The van der Waals surface area contributed by atoms with Gasteiger partial charge in [0.05, 0.1) is 12.5 Å². The van der Waals surface area contributed by atoms with Gasteiger partial charge in [-0.15, -0.1) is 0 Å². The zero-order valence-electron chi connectivity index (χ0n) is 20.0. The van der Waals surface area contributed by atoms with Crippen molar-refractivity contribution in [3.63, 3.8) is 0 Å². The zero-order chi connectivity index (χ0) is 27.3. The summed E-state index contributed by atoms with van der Waals surface area (Å²) in [7, 11) is 0. The van der Waals surface area contributed by atoms with Gasteiger partial charge in [-0.3, -0.25) is 29.0 Å². The van der Waals surface area contributed by atoms with Crippen LogP contribution in [0.15, 0.2) is 35.3 Å². The van der Waals surface area contributed by atoms with Crippen LogP contribution in [-0.2, 0) is 30.4 Å². The van der Waals surface area contributed by atoms with Gasteiger partial charge in [0.1, 0.15) is 18.1 Å². The molecule has 0 spiro atoms. The molecule has 4 amide bonds. The number of nitrogens with one attached hydrogen (secondary N) is 3. The predicted molar refractivity (Wildman–Crippen MR) is 131 cm³/mol. The summed E-state index contributed by atoms with van der Waals surface area (Å²) >= 11 is 0. The number of hydrogen-bond acceptors (Lipinski definition) is 7. The summed E-state index contributed by atoms with van der Waals surface area (Å²) in [6.07, 6.45) is -0.0172. The number of hydrogen-bond donors (Lipinski definition) is 8. The first kappa shape index (κ1) is 29.8. The average Bonchev–Trinajstić information content (AvgIpc) is 2.80. The number of primary amides is 1. The topological polar surface area (TPSA) is 258 Å². The largest absolute Gasteiger partial charge is 0.480 e. The number of benzene rings is 1. The molecule has 0 heterocycles. The summed E-state index contributed by atoms with van der Waals surface area (Å²) in [5.41, 5.74) is 22.1. The van der Waals surface area contributed by atoms with Crippen molar-refractivity contribution in [3.8, 4) is 0 Å². The van der Waals surface area contributed by atoms with Crippen LogP contribution in [0.3, 0.4) is 0 Å². The van der Waals surface area contributed by atoms with E-state index in [0.29, 0.717) is 5.56 Å². The van der Waals surface area contributed by atoms with Crippen molar-refractivity contribution in [2.45, 2.75) is 56.8 Å². The summed E-state index contributed by atoms with van der Waals surface area (Å²) in [4.78, 5) is 64.5. The Bertz CT molecular complexity index is 951. The van der Waals surface area contributed by atoms with Crippen LogP contribution in [-0.4, -0.2) is 71.4 Å². The summed E-state index contributed by atoms with van der Waals surface area (Å²) in [5.74, 6) is -4.42. The maximum atomic E-state index is 13.1. The van der Waals surface area contributed by atoms with Gasteiger partial charge in [-0.2, -0.15) is 0 Å². The molecule has 0 bridgehead atoms. The molecule has 0 saturated carbocycles. The van der Waals surface area contributed by atoms with Crippen LogP contribution in [0.1, 0.15) is 31.7 Å². The SMILES string of the molecule is CC(NC(=O)C(Cc1ccccc1)NC(=O)C(CCCN=C(N)N)NC(=O)C(N)CC(N)=O)C(=O)O. The first-order valence-corrected chi connectivity index (χ1v) is 11.2. The van der Waals surface area contributed by atoms with E-state index in [2.05, 4.69) is 20.9 Å². The Morgan fingerprint density at radius 2 is 1.50 bits per heavy atom. The van der Waals surface area contributed by atoms with Crippen molar-refractivity contribution < 1.29 is 29.1 Å². The van der Waals surface area contributed by atoms with Gasteiger partial charge in [-0.25, -0.2) is 0 Å². The first-order chi connectivity index (χ1) is 16.9. The van der Waals surface area contributed by atoms with Gasteiger partial charge in [-0.05, 0) is 25.3 Å². The van der Waals surface area contributed by atoms with Gasteiger partial charge in [0.15, 0.2) is 5.96 Å². The molecule has 4 atom stereocenters. The third-order valence-electron chi connectivity index (χ3n) is 4.98. The van der Waals surface area contributed by atoms with E-state index in [1.165, 1.54) is 6.92 Å². The molecule has 198 valence electrons. The highest BCUT2D eigenvalue weighted by Gasteiger charge is 2.29. The second-order valence-electron chi connectivity index (χ2n) is 8.11. The van der Waals surface area contributed by atoms with E-state index in [-0.39, 0.29) is 31.8 Å². The summed E-state index contributed by atoms with van der Waals surface area (Å²) in [6, 6.07) is 3.96. The lowest BCUT2D eigenvalue weighted by atomic mass is 10.0. The molecule has 0 fully saturated rings. The predicted octanol–water partition coefficient (Wildman–Crippen LogP) is -2.96. The Morgan fingerprint density at radius 3 is 2.06 bits per heavy atom. The maximum Gasteiger partial charge on any atom is 0.325 e. The maximum absolute atomic E-state index is 13.1. The molecule has 0 aliphatic rings. The average molecular weight is 507 g/mol. The molecule has 0 aliphatic heterocycles. The van der Waals surface area contributed by atoms with Crippen molar-refractivity contribution in [2.75, 3.05) is 6.54 Å². The number of nitrogens with two attached hydrogens (primary N) is 4. The number of aliphatic carboxylic acids is 1. The lowest BCUT2D eigenvalue weighted by molar-refractivity contribution is -0.141. The second kappa shape index (κ2) is 14.9. The Hall–Kier alpha value is -4.20. The number of rotatable bonds is 15. The van der Waals surface area contributed by atoms with Crippen molar-refractivity contribution in [3.05, 3.63) is 35.9 Å². The van der Waals surface area contributed by atoms with E-state index >= 15 is 0 Å². The third-order valence-corrected chi connectivity index (χ3v) is 4.98. The fourth-order valence-electron chi connectivity index (χ4n) is 3.07. The van der Waals surface area contributed by atoms with Crippen LogP contribution in [0.2, 0.25) is 0 Å². The van der Waals surface area contributed by atoms with Crippen molar-refractivity contribution >= 4 is 35.6 Å². The summed E-state index contributed by atoms with van der Waals surface area (Å²) in [5, 5.41) is 16.5. The normalized spacial score (nSPS) is 13.8. The first-order valence-electron chi connectivity index (χ1n) is 11.2. The molecule has 1 aromatic rings. The highest BCUT2D eigenvalue weighted by molar-refractivity contribution is 5.95. The van der Waals surface area contributed by atoms with E-state index in [1.807, 2.05) is 0 Å². The number of aliphatic imine (C=N–C) groups is 1. The Balaban J connectivity index is 3.08. The van der Waals surface area contributed by atoms with Gasteiger partial charge in [-0.1, -0.05) is 30.3 Å². The van der Waals surface area contributed by atoms with E-state index in [4.69, 9.17) is 28.0 Å². The van der Waals surface area contributed by atoms with Gasteiger partial charge in [0.25, 0.3) is 0 Å². The molecule has 12 N–H and O–H groups in total. The van der Waals surface area contributed by atoms with Gasteiger partial charge < -0.3 is 44.0 Å². The molecular formula is C22H34N8O6. The fraction of sp³-hybridized carbons (Fsp3) is 0.455. The molecule has 0 saturated heterocycles. The minimum absolute atomic E-state index is 0.0562. The van der Waals surface area contributed by atoms with E-state index < -0.39 is 60.2 Å². The Labute approximate surface area is 208 Å². The number of amides is 4. The van der Waals surface area contributed by atoms with Gasteiger partial charge >= 0.3 is 5.97 Å². The lowest BCUT2D eigenvalue weighted by Crippen LogP contribution is -2.57. The number of carbonyl (C=O) groups is 5. The number of carbonyl (C=O) groups excluding carboxylic acids is 4. The van der Waals surface area contributed by atoms with E-state index in [1.54, 1.807) is 30.3 Å². The molecule has 4 unspecified atom stereocenters. The fourth-order valence-corrected chi connectivity index (χ4v) is 3.07. The quantitative estimate of drug-likeness (QED) is 0.0685. The molecule has 1 rings (SSSR count). The number of carboxylic acids is 1. The van der Waals surface area contributed by atoms with Crippen molar-refractivity contribution in [2.24, 2.45) is 27.9 Å². The number of nitrogens with zero attached hydrogens (tertiary/aromatic N) is 1. The highest BCUT2D eigenvalue weighted by Crippen LogP contribution is 2.07. The summed E-state index contributed by atoms with van der Waals surface area (Å²) < 4.78 is 0. The number of carboxylic acid groups (broad SMARTS) is 1. The minimum atomic E-state index is -1.28. The van der Waals surface area contributed by atoms with Crippen LogP contribution in [0, 0.1) is 0 Å². The second-order valence-corrected chi connectivity index (χ2v) is 8.11. The molecule has 14 nitrogen and oxygen atoms in total. The zero-order valence-corrected chi connectivity index (χ0v) is 20.0. The summed E-state index contributed by atoms with van der Waals surface area (Å²) in [6.45, 7) is 1.45. The van der Waals surface area contributed by atoms with Crippen LogP contribution < -0.4 is 38.9 Å². The third kappa shape index (κ3) is 11.3. The molecule has 14 heteroatoms. The molecule has 0 aromatic heterocycles. The molecule has 1 aromatic carbocycles. The number of guanidine groups is 1. The molecular weight excluding hydrogens is 472 g/mol. The monoisotopic (exact) mass is 506 g/mol. The highest BCUT2D eigenvalue weighted by atomic mass is 16.4.